The lowest BCUT2D eigenvalue weighted by molar-refractivity contribution is 0.517. The van der Waals surface area contributed by atoms with E-state index in [-0.39, 0.29) is 5.35 Å². The number of nitrogens with zero attached hydrogens (tertiary/aromatic N) is 2. The molecule has 0 fully saturated rings. The largest absolute Gasteiger partial charge is 0.411 e. The van der Waals surface area contributed by atoms with Crippen LogP contribution in [0.15, 0.2) is 4.42 Å². The molecule has 0 N–H and O–H groups in total. The molecule has 1 aromatic heterocycles. The van der Waals surface area contributed by atoms with Crippen LogP contribution < -0.4 is 0 Å². The average Bonchev–Trinajstić information content (AvgIpc) is 2.17. The fraction of sp³-hybridized carbons (Fsp3) is 0.500. The van der Waals surface area contributed by atoms with Gasteiger partial charge in [-0.05, 0) is 17.9 Å². The predicted octanol–water partition coefficient (Wildman–Crippen LogP) is 1.59. The highest BCUT2D eigenvalue weighted by atomic mass is 35.5. The van der Waals surface area contributed by atoms with Crippen molar-refractivity contribution in [1.29, 1.82) is 0 Å². The second-order valence-electron chi connectivity index (χ2n) is 1.38. The standard InChI is InChI=1S/C4H5ClN2OS/c1-9-2-3-6-7-4(5)8-3/h2H2,1H3. The van der Waals surface area contributed by atoms with E-state index in [0.29, 0.717) is 5.89 Å². The smallest absolute Gasteiger partial charge is 0.312 e. The molecule has 0 aliphatic heterocycles. The summed E-state index contributed by atoms with van der Waals surface area (Å²) in [6.45, 7) is 0. The number of halogens is 1. The second kappa shape index (κ2) is 3.08. The van der Waals surface area contributed by atoms with E-state index in [4.69, 9.17) is 16.0 Å². The molecule has 0 amide bonds. The lowest BCUT2D eigenvalue weighted by Crippen LogP contribution is -1.76. The molecule has 9 heavy (non-hydrogen) atoms. The molecule has 0 aliphatic carbocycles. The van der Waals surface area contributed by atoms with E-state index in [0.717, 1.165) is 5.75 Å². The van der Waals surface area contributed by atoms with Crippen molar-refractivity contribution in [1.82, 2.24) is 10.2 Å². The summed E-state index contributed by atoms with van der Waals surface area (Å²) >= 11 is 6.96. The molecular weight excluding hydrogens is 160 g/mol. The average molecular weight is 165 g/mol. The summed E-state index contributed by atoms with van der Waals surface area (Å²) in [6.07, 6.45) is 1.96. The minimum absolute atomic E-state index is 0.110. The van der Waals surface area contributed by atoms with Crippen molar-refractivity contribution in [3.63, 3.8) is 0 Å². The first kappa shape index (κ1) is 6.89. The van der Waals surface area contributed by atoms with Crippen molar-refractivity contribution in [2.24, 2.45) is 0 Å². The van der Waals surface area contributed by atoms with E-state index in [1.165, 1.54) is 0 Å². The normalized spacial score (nSPS) is 10.0. The molecular formula is C4H5ClN2OS. The van der Waals surface area contributed by atoms with Gasteiger partial charge in [0.25, 0.3) is 0 Å². The second-order valence-corrected chi connectivity index (χ2v) is 2.57. The predicted molar refractivity (Wildman–Crippen MR) is 36.5 cm³/mol. The number of hydrogen-bond acceptors (Lipinski definition) is 4. The van der Waals surface area contributed by atoms with Crippen molar-refractivity contribution in [2.75, 3.05) is 6.26 Å². The Bertz CT molecular complexity index is 190. The first-order valence-corrected chi connectivity index (χ1v) is 4.07. The first-order chi connectivity index (χ1) is 4.33. The summed E-state index contributed by atoms with van der Waals surface area (Å²) in [6, 6.07) is 0. The number of thioether (sulfide) groups is 1. The van der Waals surface area contributed by atoms with Gasteiger partial charge in [0.2, 0.25) is 5.89 Å². The molecule has 1 rings (SSSR count). The summed E-state index contributed by atoms with van der Waals surface area (Å²) in [5.74, 6) is 1.30. The quantitative estimate of drug-likeness (QED) is 0.666. The first-order valence-electron chi connectivity index (χ1n) is 2.29. The van der Waals surface area contributed by atoms with Gasteiger partial charge in [-0.2, -0.15) is 11.8 Å². The summed E-state index contributed by atoms with van der Waals surface area (Å²) < 4.78 is 4.85. The van der Waals surface area contributed by atoms with Gasteiger partial charge in [0.15, 0.2) is 0 Å². The molecule has 1 aromatic rings. The van der Waals surface area contributed by atoms with Crippen LogP contribution >= 0.6 is 23.4 Å². The molecule has 0 saturated heterocycles. The van der Waals surface area contributed by atoms with Gasteiger partial charge in [-0.15, -0.1) is 5.10 Å². The number of hydrogen-bond donors (Lipinski definition) is 0. The Hall–Kier alpha value is -0.220. The maximum atomic E-state index is 5.35. The van der Waals surface area contributed by atoms with E-state index >= 15 is 0 Å². The number of rotatable bonds is 2. The van der Waals surface area contributed by atoms with Crippen LogP contribution in [0, 0.1) is 0 Å². The van der Waals surface area contributed by atoms with Gasteiger partial charge < -0.3 is 4.42 Å². The van der Waals surface area contributed by atoms with Crippen LogP contribution in [0.5, 0.6) is 0 Å². The molecule has 0 bridgehead atoms. The highest BCUT2D eigenvalue weighted by Crippen LogP contribution is 2.10. The van der Waals surface area contributed by atoms with Gasteiger partial charge in [0.05, 0.1) is 5.75 Å². The van der Waals surface area contributed by atoms with Crippen LogP contribution in [0.2, 0.25) is 5.35 Å². The third kappa shape index (κ3) is 1.87. The van der Waals surface area contributed by atoms with Crippen LogP contribution in [0.25, 0.3) is 0 Å². The molecule has 0 aromatic carbocycles. The molecule has 0 spiro atoms. The zero-order valence-corrected chi connectivity index (χ0v) is 6.37. The maximum absolute atomic E-state index is 5.35. The van der Waals surface area contributed by atoms with Crippen LogP contribution in [0.1, 0.15) is 5.89 Å². The topological polar surface area (TPSA) is 38.9 Å². The third-order valence-corrected chi connectivity index (χ3v) is 1.40. The van der Waals surface area contributed by atoms with Gasteiger partial charge in [0.1, 0.15) is 0 Å². The summed E-state index contributed by atoms with van der Waals surface area (Å²) in [4.78, 5) is 0. The summed E-state index contributed by atoms with van der Waals surface area (Å²) in [7, 11) is 0. The van der Waals surface area contributed by atoms with Crippen LogP contribution in [0.4, 0.5) is 0 Å². The van der Waals surface area contributed by atoms with Crippen molar-refractivity contribution in [2.45, 2.75) is 5.75 Å². The fourth-order valence-corrected chi connectivity index (χ4v) is 0.905. The molecule has 0 radical (unpaired) electrons. The Balaban J connectivity index is 2.61. The Kier molecular flexibility index (Phi) is 2.36. The summed E-state index contributed by atoms with van der Waals surface area (Å²) in [5, 5.41) is 7.22. The Morgan fingerprint density at radius 1 is 1.67 bits per heavy atom. The van der Waals surface area contributed by atoms with Gasteiger partial charge in [-0.3, -0.25) is 0 Å². The van der Waals surface area contributed by atoms with E-state index in [1.54, 1.807) is 11.8 Å². The van der Waals surface area contributed by atoms with Gasteiger partial charge >= 0.3 is 5.35 Å². The highest BCUT2D eigenvalue weighted by Gasteiger charge is 1.99. The van der Waals surface area contributed by atoms with Crippen molar-refractivity contribution < 1.29 is 4.42 Å². The lowest BCUT2D eigenvalue weighted by Gasteiger charge is -1.83. The van der Waals surface area contributed by atoms with Gasteiger partial charge in [0, 0.05) is 0 Å². The Morgan fingerprint density at radius 3 is 2.89 bits per heavy atom. The van der Waals surface area contributed by atoms with Crippen LogP contribution in [-0.4, -0.2) is 16.5 Å². The van der Waals surface area contributed by atoms with Crippen molar-refractivity contribution in [3.05, 3.63) is 11.2 Å². The fourth-order valence-electron chi connectivity index (χ4n) is 0.415. The van der Waals surface area contributed by atoms with Crippen molar-refractivity contribution >= 4 is 23.4 Å². The van der Waals surface area contributed by atoms with Crippen molar-refractivity contribution in [3.8, 4) is 0 Å². The SMILES string of the molecule is CSCc1nnc(Cl)o1. The zero-order chi connectivity index (χ0) is 6.69. The van der Waals surface area contributed by atoms with E-state index in [1.807, 2.05) is 6.26 Å². The molecule has 50 valence electrons. The maximum Gasteiger partial charge on any atom is 0.312 e. The van der Waals surface area contributed by atoms with Crippen LogP contribution in [0.3, 0.4) is 0 Å². The minimum atomic E-state index is 0.110. The molecule has 0 aliphatic rings. The van der Waals surface area contributed by atoms with E-state index in [2.05, 4.69) is 10.2 Å². The monoisotopic (exact) mass is 164 g/mol. The van der Waals surface area contributed by atoms with E-state index in [9.17, 15) is 0 Å². The highest BCUT2D eigenvalue weighted by molar-refractivity contribution is 7.97. The molecule has 3 nitrogen and oxygen atoms in total. The molecule has 0 saturated carbocycles. The Labute approximate surface area is 61.8 Å². The lowest BCUT2D eigenvalue weighted by atomic mass is 10.8. The van der Waals surface area contributed by atoms with Gasteiger partial charge in [-0.25, -0.2) is 0 Å². The zero-order valence-electron chi connectivity index (χ0n) is 4.80. The minimum Gasteiger partial charge on any atom is -0.411 e. The third-order valence-electron chi connectivity index (χ3n) is 0.710. The summed E-state index contributed by atoms with van der Waals surface area (Å²) in [5.41, 5.74) is 0. The molecule has 0 atom stereocenters. The molecule has 5 heteroatoms. The van der Waals surface area contributed by atoms with Gasteiger partial charge in [-0.1, -0.05) is 5.10 Å². The van der Waals surface area contributed by atoms with Crippen LogP contribution in [-0.2, 0) is 5.75 Å². The number of aromatic nitrogens is 2. The molecule has 0 unspecified atom stereocenters. The molecule has 1 heterocycles. The Morgan fingerprint density at radius 2 is 2.44 bits per heavy atom. The van der Waals surface area contributed by atoms with E-state index < -0.39 is 0 Å².